The summed E-state index contributed by atoms with van der Waals surface area (Å²) < 4.78 is 1.15. The van der Waals surface area contributed by atoms with Gasteiger partial charge in [0.1, 0.15) is 5.69 Å². The Morgan fingerprint density at radius 3 is 2.50 bits per heavy atom. The highest BCUT2D eigenvalue weighted by Gasteiger charge is 2.29. The van der Waals surface area contributed by atoms with Gasteiger partial charge in [0.25, 0.3) is 11.5 Å². The van der Waals surface area contributed by atoms with Crippen LogP contribution in [0.25, 0.3) is 0 Å². The molecule has 0 aromatic carbocycles. The minimum atomic E-state index is -0.270. The molecule has 1 fully saturated rings. The van der Waals surface area contributed by atoms with Crippen LogP contribution in [0.4, 0.5) is 5.82 Å². The van der Waals surface area contributed by atoms with Gasteiger partial charge in [-0.05, 0) is 18.2 Å². The lowest BCUT2D eigenvalue weighted by Crippen LogP contribution is -2.52. The van der Waals surface area contributed by atoms with Gasteiger partial charge >= 0.3 is 0 Å². The smallest absolute Gasteiger partial charge is 0.271 e. The standard InChI is InChI=1S/C18H24N6O2/c1-18(2,3)14-6-7-15(21-20-14)24-10-12(11-24)9-19-17(26)13-5-8-16(25)23(4)22-13/h5-8,12H,9-11H2,1-4H3,(H,19,26). The van der Waals surface area contributed by atoms with E-state index in [0.29, 0.717) is 12.5 Å². The van der Waals surface area contributed by atoms with Crippen LogP contribution < -0.4 is 15.8 Å². The first kappa shape index (κ1) is 18.0. The van der Waals surface area contributed by atoms with E-state index in [1.807, 2.05) is 12.1 Å². The van der Waals surface area contributed by atoms with E-state index in [2.05, 4.69) is 46.3 Å². The molecule has 8 heteroatoms. The van der Waals surface area contributed by atoms with Gasteiger partial charge in [0.2, 0.25) is 0 Å². The molecule has 0 spiro atoms. The molecule has 1 aliphatic heterocycles. The molecule has 1 aliphatic rings. The molecule has 138 valence electrons. The molecule has 2 aromatic rings. The van der Waals surface area contributed by atoms with Crippen molar-refractivity contribution in [3.8, 4) is 0 Å². The fourth-order valence-electron chi connectivity index (χ4n) is 2.73. The number of hydrogen-bond donors (Lipinski definition) is 1. The summed E-state index contributed by atoms with van der Waals surface area (Å²) in [6, 6.07) is 6.80. The Labute approximate surface area is 152 Å². The van der Waals surface area contributed by atoms with E-state index in [4.69, 9.17) is 0 Å². The first-order valence-electron chi connectivity index (χ1n) is 8.66. The summed E-state index contributed by atoms with van der Waals surface area (Å²) in [4.78, 5) is 25.6. The molecule has 1 N–H and O–H groups in total. The van der Waals surface area contributed by atoms with E-state index in [1.165, 1.54) is 19.2 Å². The molecular formula is C18H24N6O2. The van der Waals surface area contributed by atoms with Crippen LogP contribution in [0.15, 0.2) is 29.1 Å². The largest absolute Gasteiger partial charge is 0.354 e. The van der Waals surface area contributed by atoms with E-state index in [0.717, 1.165) is 29.3 Å². The van der Waals surface area contributed by atoms with Gasteiger partial charge in [-0.25, -0.2) is 4.68 Å². The summed E-state index contributed by atoms with van der Waals surface area (Å²) in [7, 11) is 1.52. The lowest BCUT2D eigenvalue weighted by Gasteiger charge is -2.40. The number of hydrogen-bond acceptors (Lipinski definition) is 6. The molecule has 8 nitrogen and oxygen atoms in total. The highest BCUT2D eigenvalue weighted by Crippen LogP contribution is 2.24. The molecule has 0 unspecified atom stereocenters. The van der Waals surface area contributed by atoms with Gasteiger partial charge in [0, 0.05) is 44.1 Å². The minimum Gasteiger partial charge on any atom is -0.354 e. The van der Waals surface area contributed by atoms with E-state index in [9.17, 15) is 9.59 Å². The van der Waals surface area contributed by atoms with Gasteiger partial charge in [-0.3, -0.25) is 9.59 Å². The first-order chi connectivity index (χ1) is 12.2. The predicted octanol–water partition coefficient (Wildman–Crippen LogP) is 0.734. The maximum absolute atomic E-state index is 12.1. The van der Waals surface area contributed by atoms with Crippen molar-refractivity contribution in [1.82, 2.24) is 25.3 Å². The molecule has 3 heterocycles. The Morgan fingerprint density at radius 2 is 1.92 bits per heavy atom. The molecule has 0 aliphatic carbocycles. The number of nitrogens with one attached hydrogen (secondary N) is 1. The molecule has 3 rings (SSSR count). The van der Waals surface area contributed by atoms with Crippen LogP contribution in [0.2, 0.25) is 0 Å². The van der Waals surface area contributed by atoms with Gasteiger partial charge < -0.3 is 10.2 Å². The number of carbonyl (C=O) groups is 1. The van der Waals surface area contributed by atoms with Crippen LogP contribution in [0.5, 0.6) is 0 Å². The molecule has 0 saturated carbocycles. The number of aromatic nitrogens is 4. The van der Waals surface area contributed by atoms with E-state index in [-0.39, 0.29) is 22.6 Å². The zero-order chi connectivity index (χ0) is 18.9. The molecule has 1 amide bonds. The third kappa shape index (κ3) is 3.89. The van der Waals surface area contributed by atoms with E-state index in [1.54, 1.807) is 0 Å². The molecule has 0 radical (unpaired) electrons. The lowest BCUT2D eigenvalue weighted by molar-refractivity contribution is 0.0937. The van der Waals surface area contributed by atoms with Crippen LogP contribution in [0.1, 0.15) is 37.0 Å². The lowest BCUT2D eigenvalue weighted by atomic mass is 9.92. The molecular weight excluding hydrogens is 332 g/mol. The Morgan fingerprint density at radius 1 is 1.19 bits per heavy atom. The SMILES string of the molecule is Cn1nc(C(=O)NCC2CN(c3ccc(C(C)(C)C)nn3)C2)ccc1=O. The average Bonchev–Trinajstić information content (AvgIpc) is 2.55. The van der Waals surface area contributed by atoms with Gasteiger partial charge in [0.05, 0.1) is 5.69 Å². The second-order valence-electron chi connectivity index (χ2n) is 7.69. The Balaban J connectivity index is 1.49. The van der Waals surface area contributed by atoms with Gasteiger partial charge in [-0.2, -0.15) is 10.2 Å². The summed E-state index contributed by atoms with van der Waals surface area (Å²) in [5.74, 6) is 0.948. The maximum Gasteiger partial charge on any atom is 0.271 e. The Bertz CT molecular complexity index is 847. The van der Waals surface area contributed by atoms with Crippen LogP contribution in [0, 0.1) is 5.92 Å². The summed E-state index contributed by atoms with van der Waals surface area (Å²) >= 11 is 0. The zero-order valence-electron chi connectivity index (χ0n) is 15.6. The molecule has 2 aromatic heterocycles. The molecule has 0 bridgehead atoms. The van der Waals surface area contributed by atoms with Crippen molar-refractivity contribution in [3.05, 3.63) is 46.0 Å². The summed E-state index contributed by atoms with van der Waals surface area (Å²) in [5, 5.41) is 15.4. The Hall–Kier alpha value is -2.77. The Kier molecular flexibility index (Phi) is 4.76. The van der Waals surface area contributed by atoms with Gasteiger partial charge in [0.15, 0.2) is 5.82 Å². The second-order valence-corrected chi connectivity index (χ2v) is 7.69. The van der Waals surface area contributed by atoms with Crippen molar-refractivity contribution in [2.24, 2.45) is 13.0 Å². The van der Waals surface area contributed by atoms with Crippen LogP contribution in [-0.2, 0) is 12.5 Å². The normalized spacial score (nSPS) is 14.8. The van der Waals surface area contributed by atoms with Crippen molar-refractivity contribution in [1.29, 1.82) is 0 Å². The molecule has 26 heavy (non-hydrogen) atoms. The topological polar surface area (TPSA) is 93.0 Å². The zero-order valence-corrected chi connectivity index (χ0v) is 15.6. The maximum atomic E-state index is 12.1. The van der Waals surface area contributed by atoms with Crippen molar-refractivity contribution >= 4 is 11.7 Å². The fraction of sp³-hybridized carbons (Fsp3) is 0.500. The first-order valence-corrected chi connectivity index (χ1v) is 8.66. The monoisotopic (exact) mass is 356 g/mol. The molecule has 0 atom stereocenters. The second kappa shape index (κ2) is 6.86. The highest BCUT2D eigenvalue weighted by molar-refractivity contribution is 5.92. The van der Waals surface area contributed by atoms with Gasteiger partial charge in [-0.15, -0.1) is 5.10 Å². The van der Waals surface area contributed by atoms with Crippen molar-refractivity contribution < 1.29 is 4.79 Å². The highest BCUT2D eigenvalue weighted by atomic mass is 16.2. The number of carbonyl (C=O) groups excluding carboxylic acids is 1. The number of anilines is 1. The quantitative estimate of drug-likeness (QED) is 0.868. The molecule has 1 saturated heterocycles. The van der Waals surface area contributed by atoms with Crippen molar-refractivity contribution in [3.63, 3.8) is 0 Å². The number of amides is 1. The van der Waals surface area contributed by atoms with Crippen molar-refractivity contribution in [2.45, 2.75) is 26.2 Å². The van der Waals surface area contributed by atoms with Crippen LogP contribution in [0.3, 0.4) is 0 Å². The van der Waals surface area contributed by atoms with Gasteiger partial charge in [-0.1, -0.05) is 20.8 Å². The minimum absolute atomic E-state index is 0.0116. The van der Waals surface area contributed by atoms with E-state index >= 15 is 0 Å². The third-order valence-corrected chi connectivity index (χ3v) is 4.44. The van der Waals surface area contributed by atoms with Crippen LogP contribution >= 0.6 is 0 Å². The summed E-state index contributed by atoms with van der Waals surface area (Å²) in [6.45, 7) is 8.54. The summed E-state index contributed by atoms with van der Waals surface area (Å²) in [6.07, 6.45) is 0. The number of nitrogens with zero attached hydrogens (tertiary/aromatic N) is 5. The van der Waals surface area contributed by atoms with E-state index < -0.39 is 0 Å². The van der Waals surface area contributed by atoms with Crippen molar-refractivity contribution in [2.75, 3.05) is 24.5 Å². The number of rotatable bonds is 4. The van der Waals surface area contributed by atoms with Crippen LogP contribution in [-0.4, -0.2) is 45.5 Å². The average molecular weight is 356 g/mol. The summed E-state index contributed by atoms with van der Waals surface area (Å²) in [5.41, 5.74) is 0.958. The predicted molar refractivity (Wildman–Crippen MR) is 98.2 cm³/mol. The fourth-order valence-corrected chi connectivity index (χ4v) is 2.73. The number of aryl methyl sites for hydroxylation is 1. The third-order valence-electron chi connectivity index (χ3n) is 4.44.